The van der Waals surface area contributed by atoms with E-state index in [9.17, 15) is 8.78 Å². The maximum absolute atomic E-state index is 12.5. The van der Waals surface area contributed by atoms with Crippen LogP contribution in [0.1, 0.15) is 17.5 Å². The van der Waals surface area contributed by atoms with E-state index in [4.69, 9.17) is 5.26 Å². The van der Waals surface area contributed by atoms with Crippen molar-refractivity contribution < 1.29 is 8.78 Å². The van der Waals surface area contributed by atoms with Crippen LogP contribution in [0.3, 0.4) is 0 Å². The molecule has 0 aromatic heterocycles. The minimum absolute atomic E-state index is 0. The summed E-state index contributed by atoms with van der Waals surface area (Å²) in [5, 5.41) is 9.03. The average molecular weight is 292 g/mol. The second kappa shape index (κ2) is 9.15. The Balaban J connectivity index is 0.00000242. The second-order valence-electron chi connectivity index (χ2n) is 4.48. The number of nitrogens with zero attached hydrogens (tertiary/aromatic N) is 2. The van der Waals surface area contributed by atoms with Gasteiger partial charge in [0, 0.05) is 17.5 Å². The molecule has 0 bridgehead atoms. The number of benzene rings is 2. The Labute approximate surface area is 140 Å². The minimum atomic E-state index is -2.55. The zero-order valence-electron chi connectivity index (χ0n) is 11.3. The van der Waals surface area contributed by atoms with Gasteiger partial charge in [0.2, 0.25) is 6.43 Å². The van der Waals surface area contributed by atoms with Gasteiger partial charge >= 0.3 is 18.9 Å². The van der Waals surface area contributed by atoms with Gasteiger partial charge in [0.25, 0.3) is 0 Å². The third-order valence-electron chi connectivity index (χ3n) is 2.93. The molecule has 0 saturated heterocycles. The van der Waals surface area contributed by atoms with Crippen LogP contribution >= 0.6 is 0 Å². The van der Waals surface area contributed by atoms with Gasteiger partial charge < -0.3 is 0 Å². The fraction of sp³-hybridized carbons (Fsp3) is 0.176. The first-order valence-corrected chi connectivity index (χ1v) is 6.57. The van der Waals surface area contributed by atoms with Crippen LogP contribution in [0.5, 0.6) is 0 Å². The molecule has 0 saturated carbocycles. The monoisotopic (exact) mass is 292 g/mol. The third kappa shape index (κ3) is 5.11. The topological polar surface area (TPSA) is 36.1 Å². The Morgan fingerprint density at radius 2 is 1.41 bits per heavy atom. The van der Waals surface area contributed by atoms with Crippen molar-refractivity contribution in [2.24, 2.45) is 4.99 Å². The summed E-state index contributed by atoms with van der Waals surface area (Å²) in [7, 11) is 0. The summed E-state index contributed by atoms with van der Waals surface area (Å²) in [5.41, 5.74) is 2.17. The first kappa shape index (κ1) is 18.1. The van der Waals surface area contributed by atoms with Gasteiger partial charge in [-0.05, 0) is 0 Å². The zero-order chi connectivity index (χ0) is 15.1. The molecule has 0 aliphatic carbocycles. The summed E-state index contributed by atoms with van der Waals surface area (Å²) in [6.45, 7) is 0. The molecule has 5 heteroatoms. The van der Waals surface area contributed by atoms with E-state index in [2.05, 4.69) is 4.99 Å². The van der Waals surface area contributed by atoms with Crippen LogP contribution in [0.4, 0.5) is 8.78 Å². The first-order chi connectivity index (χ1) is 10.2. The quantitative estimate of drug-likeness (QED) is 0.614. The predicted octanol–water partition coefficient (Wildman–Crippen LogP) is 3.42. The molecule has 0 aliphatic rings. The van der Waals surface area contributed by atoms with Crippen LogP contribution < -0.4 is 0 Å². The molecular formula is C17H15F2LiN2. The van der Waals surface area contributed by atoms with Crippen molar-refractivity contribution in [1.29, 1.82) is 5.26 Å². The zero-order valence-corrected chi connectivity index (χ0v) is 11.3. The second-order valence-corrected chi connectivity index (χ2v) is 4.48. The summed E-state index contributed by atoms with van der Waals surface area (Å²) in [5.74, 6) is 0. The van der Waals surface area contributed by atoms with Crippen LogP contribution in [0, 0.1) is 11.3 Å². The third-order valence-corrected chi connectivity index (χ3v) is 2.93. The molecule has 0 spiro atoms. The van der Waals surface area contributed by atoms with Gasteiger partial charge in [0.15, 0.2) is 0 Å². The van der Waals surface area contributed by atoms with Gasteiger partial charge in [-0.3, -0.25) is 4.99 Å². The summed E-state index contributed by atoms with van der Waals surface area (Å²) < 4.78 is 25.0. The van der Waals surface area contributed by atoms with Crippen molar-refractivity contribution in [3.63, 3.8) is 0 Å². The van der Waals surface area contributed by atoms with E-state index < -0.39 is 18.9 Å². The molecular weight excluding hydrogens is 277 g/mol. The summed E-state index contributed by atoms with van der Waals surface area (Å²) in [6, 6.07) is 19.3. The molecule has 108 valence electrons. The van der Waals surface area contributed by atoms with Crippen molar-refractivity contribution in [3.05, 3.63) is 71.8 Å². The molecule has 1 atom stereocenters. The van der Waals surface area contributed by atoms with Crippen LogP contribution in [0.15, 0.2) is 65.7 Å². The van der Waals surface area contributed by atoms with Crippen LogP contribution in [-0.2, 0) is 0 Å². The van der Waals surface area contributed by atoms with Gasteiger partial charge in [-0.15, -0.1) is 0 Å². The Morgan fingerprint density at radius 1 is 0.955 bits per heavy atom. The van der Waals surface area contributed by atoms with E-state index in [1.54, 1.807) is 0 Å². The van der Waals surface area contributed by atoms with Crippen molar-refractivity contribution in [2.45, 2.75) is 18.9 Å². The van der Waals surface area contributed by atoms with E-state index in [1.807, 2.05) is 66.7 Å². The number of rotatable bonds is 5. The van der Waals surface area contributed by atoms with Gasteiger partial charge in [-0.25, -0.2) is 8.78 Å². The molecule has 0 heterocycles. The van der Waals surface area contributed by atoms with Crippen molar-refractivity contribution in [3.8, 4) is 6.07 Å². The number of aliphatic imine (C=N–C) groups is 1. The molecule has 1 unspecified atom stereocenters. The molecule has 2 aromatic rings. The Bertz CT molecular complexity index is 595. The SMILES string of the molecule is N#CC(CC(F)F)N=C(c1ccccc1)c1ccccc1.[LiH]. The van der Waals surface area contributed by atoms with Crippen LogP contribution in [-0.4, -0.2) is 37.0 Å². The number of nitriles is 1. The summed E-state index contributed by atoms with van der Waals surface area (Å²) >= 11 is 0. The fourth-order valence-corrected chi connectivity index (χ4v) is 1.97. The molecule has 0 N–H and O–H groups in total. The molecule has 22 heavy (non-hydrogen) atoms. The molecule has 2 aromatic carbocycles. The van der Waals surface area contributed by atoms with E-state index >= 15 is 0 Å². The predicted molar refractivity (Wildman–Crippen MR) is 85.7 cm³/mol. The molecule has 2 nitrogen and oxygen atoms in total. The summed E-state index contributed by atoms with van der Waals surface area (Å²) in [6.07, 6.45) is -3.11. The van der Waals surface area contributed by atoms with Gasteiger partial charge in [0.05, 0.1) is 11.8 Å². The standard InChI is InChI=1S/C17H14F2N2.Li.H/c18-16(19)11-15(12-20)21-17(13-7-3-1-4-8-13)14-9-5-2-6-10-14;;/h1-10,15-16H,11H2;;. The molecule has 0 amide bonds. The first-order valence-electron chi connectivity index (χ1n) is 6.57. The van der Waals surface area contributed by atoms with E-state index in [-0.39, 0.29) is 18.9 Å². The Hall–Kier alpha value is -1.94. The van der Waals surface area contributed by atoms with Gasteiger partial charge in [-0.1, -0.05) is 60.7 Å². The molecule has 2 rings (SSSR count). The molecule has 0 radical (unpaired) electrons. The van der Waals surface area contributed by atoms with Gasteiger partial charge in [-0.2, -0.15) is 5.26 Å². The number of hydrogen-bond donors (Lipinski definition) is 0. The number of hydrogen-bond acceptors (Lipinski definition) is 2. The Morgan fingerprint density at radius 3 is 1.77 bits per heavy atom. The number of alkyl halides is 2. The van der Waals surface area contributed by atoms with Crippen molar-refractivity contribution in [1.82, 2.24) is 0 Å². The number of halogens is 2. The Kier molecular flexibility index (Phi) is 7.53. The van der Waals surface area contributed by atoms with Crippen molar-refractivity contribution in [2.75, 3.05) is 0 Å². The van der Waals surface area contributed by atoms with Gasteiger partial charge in [0.1, 0.15) is 6.04 Å². The van der Waals surface area contributed by atoms with Crippen LogP contribution in [0.25, 0.3) is 0 Å². The fourth-order valence-electron chi connectivity index (χ4n) is 1.97. The summed E-state index contributed by atoms with van der Waals surface area (Å²) in [4.78, 5) is 4.25. The molecule has 0 fully saturated rings. The van der Waals surface area contributed by atoms with E-state index in [0.717, 1.165) is 11.1 Å². The maximum atomic E-state index is 12.5. The average Bonchev–Trinajstić information content (AvgIpc) is 2.52. The van der Waals surface area contributed by atoms with Crippen molar-refractivity contribution >= 4 is 24.6 Å². The van der Waals surface area contributed by atoms with Crippen LogP contribution in [0.2, 0.25) is 0 Å². The van der Waals surface area contributed by atoms with E-state index in [0.29, 0.717) is 5.71 Å². The van der Waals surface area contributed by atoms with E-state index in [1.165, 1.54) is 0 Å². The molecule has 0 aliphatic heterocycles. The normalized spacial score (nSPS) is 11.2.